The van der Waals surface area contributed by atoms with Gasteiger partial charge in [0, 0.05) is 10.0 Å². The lowest BCUT2D eigenvalue weighted by atomic mass is 10.0. The zero-order chi connectivity index (χ0) is 13.9. The fraction of sp³-hybridized carbons (Fsp3) is 0. The smallest absolute Gasteiger partial charge is 0.0412 e. The lowest BCUT2D eigenvalue weighted by Crippen LogP contribution is -1.80. The number of rotatable bonds is 2. The zero-order valence-corrected chi connectivity index (χ0v) is 12.2. The Hall–Kier alpha value is -1.76. The van der Waals surface area contributed by atoms with Gasteiger partial charge in [-0.15, -0.1) is 0 Å². The summed E-state index contributed by atoms with van der Waals surface area (Å²) in [6, 6.07) is 24.1. The van der Waals surface area contributed by atoms with Gasteiger partial charge in [0.25, 0.3) is 0 Å². The second-order valence-electron chi connectivity index (χ2n) is 4.60. The molecule has 0 radical (unpaired) electrons. The highest BCUT2D eigenvalue weighted by molar-refractivity contribution is 6.31. The topological polar surface area (TPSA) is 0 Å². The van der Waals surface area contributed by atoms with Gasteiger partial charge in [-0.05, 0) is 46.5 Å². The van der Waals surface area contributed by atoms with E-state index in [0.29, 0.717) is 0 Å². The summed E-state index contributed by atoms with van der Waals surface area (Å²) < 4.78 is 0. The standard InChI is InChI=1S/C18H12Cl2/c19-17-5-1-3-15(11-17)13-7-9-14(10-8-13)16-4-2-6-18(20)12-16/h1-12H. The van der Waals surface area contributed by atoms with Crippen molar-refractivity contribution in [3.63, 3.8) is 0 Å². The molecule has 3 rings (SSSR count). The van der Waals surface area contributed by atoms with E-state index in [2.05, 4.69) is 36.4 Å². The highest BCUT2D eigenvalue weighted by Crippen LogP contribution is 2.27. The molecule has 0 fully saturated rings. The molecule has 0 aliphatic rings. The lowest BCUT2D eigenvalue weighted by Gasteiger charge is -2.06. The van der Waals surface area contributed by atoms with Gasteiger partial charge in [-0.2, -0.15) is 0 Å². The molecule has 0 heterocycles. The van der Waals surface area contributed by atoms with E-state index in [1.165, 1.54) is 0 Å². The van der Waals surface area contributed by atoms with Crippen molar-refractivity contribution in [3.8, 4) is 22.3 Å². The monoisotopic (exact) mass is 298 g/mol. The fourth-order valence-corrected chi connectivity index (χ4v) is 2.57. The van der Waals surface area contributed by atoms with Gasteiger partial charge in [0.05, 0.1) is 0 Å². The van der Waals surface area contributed by atoms with Crippen LogP contribution in [-0.4, -0.2) is 0 Å². The molecule has 3 aromatic carbocycles. The maximum Gasteiger partial charge on any atom is 0.0412 e. The average Bonchev–Trinajstić information content (AvgIpc) is 2.47. The SMILES string of the molecule is Clc1cccc(-c2ccc(-c3cccc(Cl)c3)cc2)c1. The Morgan fingerprint density at radius 2 is 0.850 bits per heavy atom. The Morgan fingerprint density at radius 3 is 1.20 bits per heavy atom. The highest BCUT2D eigenvalue weighted by atomic mass is 35.5. The number of halogens is 2. The molecule has 0 atom stereocenters. The minimum absolute atomic E-state index is 0.751. The van der Waals surface area contributed by atoms with Crippen molar-refractivity contribution in [3.05, 3.63) is 82.8 Å². The van der Waals surface area contributed by atoms with Crippen molar-refractivity contribution in [2.75, 3.05) is 0 Å². The maximum atomic E-state index is 6.02. The summed E-state index contributed by atoms with van der Waals surface area (Å²) in [6.45, 7) is 0. The lowest BCUT2D eigenvalue weighted by molar-refractivity contribution is 1.59. The Balaban J connectivity index is 1.96. The molecule has 20 heavy (non-hydrogen) atoms. The maximum absolute atomic E-state index is 6.02. The fourth-order valence-electron chi connectivity index (χ4n) is 2.19. The molecule has 3 aromatic rings. The van der Waals surface area contributed by atoms with E-state index >= 15 is 0 Å². The van der Waals surface area contributed by atoms with Crippen molar-refractivity contribution in [1.29, 1.82) is 0 Å². The first-order chi connectivity index (χ1) is 9.72. The Kier molecular flexibility index (Phi) is 3.77. The van der Waals surface area contributed by atoms with Crippen LogP contribution in [0.25, 0.3) is 22.3 Å². The summed E-state index contributed by atoms with van der Waals surface area (Å²) in [6.07, 6.45) is 0. The first-order valence-electron chi connectivity index (χ1n) is 6.34. The third-order valence-electron chi connectivity index (χ3n) is 3.20. The minimum Gasteiger partial charge on any atom is -0.0843 e. The summed E-state index contributed by atoms with van der Waals surface area (Å²) in [7, 11) is 0. The van der Waals surface area contributed by atoms with Crippen molar-refractivity contribution in [1.82, 2.24) is 0 Å². The largest absolute Gasteiger partial charge is 0.0843 e. The van der Waals surface area contributed by atoms with Crippen LogP contribution in [-0.2, 0) is 0 Å². The third-order valence-corrected chi connectivity index (χ3v) is 3.67. The molecule has 0 unspecified atom stereocenters. The Bertz CT molecular complexity index is 666. The molecular formula is C18H12Cl2. The number of hydrogen-bond donors (Lipinski definition) is 0. The molecule has 98 valence electrons. The predicted molar refractivity (Wildman–Crippen MR) is 87.3 cm³/mol. The first kappa shape index (κ1) is 13.2. The molecule has 0 nitrogen and oxygen atoms in total. The molecule has 0 saturated carbocycles. The molecule has 0 aliphatic carbocycles. The van der Waals surface area contributed by atoms with Gasteiger partial charge in [-0.25, -0.2) is 0 Å². The summed E-state index contributed by atoms with van der Waals surface area (Å²) in [5.74, 6) is 0. The van der Waals surface area contributed by atoms with Gasteiger partial charge >= 0.3 is 0 Å². The van der Waals surface area contributed by atoms with Crippen LogP contribution in [0.1, 0.15) is 0 Å². The van der Waals surface area contributed by atoms with Crippen LogP contribution in [0.2, 0.25) is 10.0 Å². The normalized spacial score (nSPS) is 10.5. The molecule has 0 spiro atoms. The van der Waals surface area contributed by atoms with Crippen molar-refractivity contribution < 1.29 is 0 Å². The van der Waals surface area contributed by atoms with Gasteiger partial charge in [0.2, 0.25) is 0 Å². The van der Waals surface area contributed by atoms with Crippen LogP contribution in [0.5, 0.6) is 0 Å². The molecule has 0 saturated heterocycles. The molecule has 0 amide bonds. The molecule has 2 heteroatoms. The van der Waals surface area contributed by atoms with Crippen LogP contribution >= 0.6 is 23.2 Å². The molecule has 0 bridgehead atoms. The van der Waals surface area contributed by atoms with Crippen LogP contribution in [0.3, 0.4) is 0 Å². The van der Waals surface area contributed by atoms with Crippen LogP contribution in [0, 0.1) is 0 Å². The van der Waals surface area contributed by atoms with Crippen LogP contribution in [0.15, 0.2) is 72.8 Å². The van der Waals surface area contributed by atoms with Crippen molar-refractivity contribution in [2.24, 2.45) is 0 Å². The van der Waals surface area contributed by atoms with E-state index in [-0.39, 0.29) is 0 Å². The summed E-state index contributed by atoms with van der Waals surface area (Å²) in [5.41, 5.74) is 4.54. The van der Waals surface area contributed by atoms with Crippen molar-refractivity contribution in [2.45, 2.75) is 0 Å². The Labute approximate surface area is 128 Å². The molecule has 0 aliphatic heterocycles. The summed E-state index contributed by atoms with van der Waals surface area (Å²) in [5, 5.41) is 1.50. The van der Waals surface area contributed by atoms with Crippen LogP contribution in [0.4, 0.5) is 0 Å². The van der Waals surface area contributed by atoms with Gasteiger partial charge < -0.3 is 0 Å². The van der Waals surface area contributed by atoms with Gasteiger partial charge in [0.1, 0.15) is 0 Å². The summed E-state index contributed by atoms with van der Waals surface area (Å²) >= 11 is 12.0. The summed E-state index contributed by atoms with van der Waals surface area (Å²) in [4.78, 5) is 0. The zero-order valence-electron chi connectivity index (χ0n) is 10.7. The van der Waals surface area contributed by atoms with Crippen molar-refractivity contribution >= 4 is 23.2 Å². The van der Waals surface area contributed by atoms with E-state index in [0.717, 1.165) is 32.3 Å². The quantitative estimate of drug-likeness (QED) is 0.519. The van der Waals surface area contributed by atoms with E-state index in [9.17, 15) is 0 Å². The van der Waals surface area contributed by atoms with Gasteiger partial charge in [-0.3, -0.25) is 0 Å². The predicted octanol–water partition coefficient (Wildman–Crippen LogP) is 6.33. The van der Waals surface area contributed by atoms with Gasteiger partial charge in [0.15, 0.2) is 0 Å². The Morgan fingerprint density at radius 1 is 0.450 bits per heavy atom. The van der Waals surface area contributed by atoms with Crippen LogP contribution < -0.4 is 0 Å². The van der Waals surface area contributed by atoms with E-state index < -0.39 is 0 Å². The first-order valence-corrected chi connectivity index (χ1v) is 7.10. The third kappa shape index (κ3) is 2.87. The molecule has 0 aromatic heterocycles. The van der Waals surface area contributed by atoms with E-state index in [1.807, 2.05) is 36.4 Å². The molecule has 0 N–H and O–H groups in total. The second-order valence-corrected chi connectivity index (χ2v) is 5.47. The average molecular weight is 299 g/mol. The highest BCUT2D eigenvalue weighted by Gasteiger charge is 2.01. The minimum atomic E-state index is 0.751. The van der Waals surface area contributed by atoms with Gasteiger partial charge in [-0.1, -0.05) is 71.7 Å². The second kappa shape index (κ2) is 5.70. The van der Waals surface area contributed by atoms with E-state index in [4.69, 9.17) is 23.2 Å². The molecular weight excluding hydrogens is 287 g/mol. The number of hydrogen-bond acceptors (Lipinski definition) is 0. The van der Waals surface area contributed by atoms with E-state index in [1.54, 1.807) is 0 Å². The number of benzene rings is 3.